The lowest BCUT2D eigenvalue weighted by molar-refractivity contribution is -0.126. The summed E-state index contributed by atoms with van der Waals surface area (Å²) in [4.78, 5) is 11.0. The van der Waals surface area contributed by atoms with Crippen molar-refractivity contribution < 1.29 is 18.3 Å². The third-order valence-electron chi connectivity index (χ3n) is 2.94. The Morgan fingerprint density at radius 2 is 2.06 bits per heavy atom. The number of Topliss-reactive ketones (excluding diaryl/α,β-unsaturated/α-hetero) is 1. The number of benzene rings is 1. The van der Waals surface area contributed by atoms with Crippen LogP contribution in [0.4, 0.5) is 8.78 Å². The molecular weight excluding hydrogens is 228 g/mol. The first kappa shape index (κ1) is 11.5. The van der Waals surface area contributed by atoms with Crippen molar-refractivity contribution in [1.29, 1.82) is 5.26 Å². The van der Waals surface area contributed by atoms with E-state index in [0.717, 1.165) is 6.07 Å². The molecule has 5 heteroatoms. The van der Waals surface area contributed by atoms with Gasteiger partial charge in [-0.3, -0.25) is 4.79 Å². The fraction of sp³-hybridized carbons (Fsp3) is 0.333. The first-order valence-corrected chi connectivity index (χ1v) is 4.99. The summed E-state index contributed by atoms with van der Waals surface area (Å²) in [5.41, 5.74) is -1.04. The van der Waals surface area contributed by atoms with Gasteiger partial charge in [0, 0.05) is 24.5 Å². The summed E-state index contributed by atoms with van der Waals surface area (Å²) in [6.07, 6.45) is -0.0501. The summed E-state index contributed by atoms with van der Waals surface area (Å²) >= 11 is 0. The number of rotatable bonds is 2. The van der Waals surface area contributed by atoms with Crippen molar-refractivity contribution in [2.45, 2.75) is 18.3 Å². The summed E-state index contributed by atoms with van der Waals surface area (Å²) in [6, 6.07) is 3.70. The van der Waals surface area contributed by atoms with E-state index in [1.54, 1.807) is 0 Å². The Morgan fingerprint density at radius 3 is 2.53 bits per heavy atom. The summed E-state index contributed by atoms with van der Waals surface area (Å²) in [7, 11) is 1.24. The number of carbonyl (C=O) groups excluding carboxylic acids is 1. The van der Waals surface area contributed by atoms with Crippen LogP contribution in [0.1, 0.15) is 18.4 Å². The highest BCUT2D eigenvalue weighted by Gasteiger charge is 2.48. The normalized spacial score (nSPS) is 17.2. The maximum Gasteiger partial charge on any atom is 0.168 e. The molecule has 1 aliphatic carbocycles. The molecule has 88 valence electrons. The molecule has 2 rings (SSSR count). The lowest BCUT2D eigenvalue weighted by atomic mass is 9.64. The predicted octanol–water partition coefficient (Wildman–Crippen LogP) is 2.10. The van der Waals surface area contributed by atoms with Crippen LogP contribution in [0, 0.1) is 23.0 Å². The second kappa shape index (κ2) is 3.81. The van der Waals surface area contributed by atoms with Crippen LogP contribution in [0.25, 0.3) is 0 Å². The highest BCUT2D eigenvalue weighted by Crippen LogP contribution is 2.45. The van der Waals surface area contributed by atoms with Gasteiger partial charge in [-0.25, -0.2) is 8.78 Å². The minimum absolute atomic E-state index is 0.0250. The molecule has 17 heavy (non-hydrogen) atoms. The van der Waals surface area contributed by atoms with Gasteiger partial charge in [0.1, 0.15) is 11.6 Å². The zero-order valence-electron chi connectivity index (χ0n) is 9.09. The molecule has 1 fully saturated rings. The van der Waals surface area contributed by atoms with Crippen molar-refractivity contribution in [3.63, 3.8) is 0 Å². The molecule has 1 aromatic carbocycles. The van der Waals surface area contributed by atoms with Crippen LogP contribution in [0.5, 0.6) is 5.75 Å². The topological polar surface area (TPSA) is 50.1 Å². The first-order chi connectivity index (χ1) is 8.02. The van der Waals surface area contributed by atoms with Gasteiger partial charge in [0.15, 0.2) is 11.6 Å². The number of halogens is 2. The van der Waals surface area contributed by atoms with E-state index in [1.807, 2.05) is 6.07 Å². The Kier molecular flexibility index (Phi) is 2.58. The maximum absolute atomic E-state index is 13.5. The van der Waals surface area contributed by atoms with Gasteiger partial charge in [0.2, 0.25) is 0 Å². The number of hydrogen-bond acceptors (Lipinski definition) is 3. The Hall–Kier alpha value is -1.96. The summed E-state index contributed by atoms with van der Waals surface area (Å²) in [5.74, 6) is -1.91. The molecule has 0 atom stereocenters. The highest BCUT2D eigenvalue weighted by molar-refractivity contribution is 5.90. The lowest BCUT2D eigenvalue weighted by Gasteiger charge is -2.35. The second-order valence-corrected chi connectivity index (χ2v) is 4.05. The number of methoxy groups -OCH3 is 1. The van der Waals surface area contributed by atoms with E-state index < -0.39 is 17.0 Å². The molecule has 0 unspecified atom stereocenters. The summed E-state index contributed by atoms with van der Waals surface area (Å²) < 4.78 is 31.5. The smallest absolute Gasteiger partial charge is 0.168 e. The number of nitrogens with zero attached hydrogens (tertiary/aromatic N) is 1. The van der Waals surface area contributed by atoms with Gasteiger partial charge in [0.25, 0.3) is 0 Å². The van der Waals surface area contributed by atoms with Crippen LogP contribution in [0.3, 0.4) is 0 Å². The average Bonchev–Trinajstić information content (AvgIpc) is 2.23. The standard InChI is InChI=1S/C12H9F2NO2/c1-17-11-9(2-7(13)3-10(11)14)12(6-15)4-8(16)5-12/h2-3H,4-5H2,1H3. The fourth-order valence-corrected chi connectivity index (χ4v) is 2.07. The van der Waals surface area contributed by atoms with Crippen LogP contribution in [-0.2, 0) is 10.2 Å². The third-order valence-corrected chi connectivity index (χ3v) is 2.94. The van der Waals surface area contributed by atoms with Gasteiger partial charge in [0.05, 0.1) is 18.6 Å². The number of nitriles is 1. The van der Waals surface area contributed by atoms with Gasteiger partial charge in [-0.2, -0.15) is 5.26 Å². The van der Waals surface area contributed by atoms with Crippen LogP contribution in [0.2, 0.25) is 0 Å². The molecule has 1 aliphatic rings. The van der Waals surface area contributed by atoms with E-state index in [-0.39, 0.29) is 29.9 Å². The minimum atomic E-state index is -1.15. The van der Waals surface area contributed by atoms with Crippen molar-refractivity contribution in [1.82, 2.24) is 0 Å². The largest absolute Gasteiger partial charge is 0.493 e. The van der Waals surface area contributed by atoms with Gasteiger partial charge < -0.3 is 4.74 Å². The van der Waals surface area contributed by atoms with E-state index in [2.05, 4.69) is 0 Å². The summed E-state index contributed by atoms with van der Waals surface area (Å²) in [5, 5.41) is 9.11. The molecule has 3 nitrogen and oxygen atoms in total. The van der Waals surface area contributed by atoms with Crippen molar-refractivity contribution in [3.05, 3.63) is 29.3 Å². The molecule has 0 aliphatic heterocycles. The van der Waals surface area contributed by atoms with Crippen molar-refractivity contribution >= 4 is 5.78 Å². The number of ketones is 1. The Bertz CT molecular complexity index is 526. The van der Waals surface area contributed by atoms with E-state index in [0.29, 0.717) is 6.07 Å². The van der Waals surface area contributed by atoms with Crippen molar-refractivity contribution in [2.75, 3.05) is 7.11 Å². The highest BCUT2D eigenvalue weighted by atomic mass is 19.1. The zero-order valence-corrected chi connectivity index (χ0v) is 9.09. The van der Waals surface area contributed by atoms with Gasteiger partial charge >= 0.3 is 0 Å². The molecular formula is C12H9F2NO2. The molecule has 0 radical (unpaired) electrons. The molecule has 0 amide bonds. The van der Waals surface area contributed by atoms with E-state index in [4.69, 9.17) is 10.00 Å². The van der Waals surface area contributed by atoms with Gasteiger partial charge in [-0.15, -0.1) is 0 Å². The summed E-state index contributed by atoms with van der Waals surface area (Å²) in [6.45, 7) is 0. The van der Waals surface area contributed by atoms with E-state index >= 15 is 0 Å². The Labute approximate surface area is 96.6 Å². The molecule has 0 bridgehead atoms. The van der Waals surface area contributed by atoms with Crippen LogP contribution in [-0.4, -0.2) is 12.9 Å². The minimum Gasteiger partial charge on any atom is -0.493 e. The molecule has 0 spiro atoms. The number of carbonyl (C=O) groups is 1. The Morgan fingerprint density at radius 1 is 1.41 bits per heavy atom. The van der Waals surface area contributed by atoms with E-state index in [1.165, 1.54) is 7.11 Å². The number of hydrogen-bond donors (Lipinski definition) is 0. The number of ether oxygens (including phenoxy) is 1. The van der Waals surface area contributed by atoms with Crippen LogP contribution in [0.15, 0.2) is 12.1 Å². The molecule has 1 aromatic rings. The van der Waals surface area contributed by atoms with Gasteiger partial charge in [-0.05, 0) is 6.07 Å². The molecule has 0 heterocycles. The van der Waals surface area contributed by atoms with Gasteiger partial charge in [-0.1, -0.05) is 0 Å². The SMILES string of the molecule is COc1c(F)cc(F)cc1C1(C#N)CC(=O)C1. The molecule has 0 N–H and O–H groups in total. The van der Waals surface area contributed by atoms with Crippen LogP contribution >= 0.6 is 0 Å². The van der Waals surface area contributed by atoms with Crippen LogP contribution < -0.4 is 4.74 Å². The quantitative estimate of drug-likeness (QED) is 0.791. The third kappa shape index (κ3) is 1.66. The van der Waals surface area contributed by atoms with Crippen molar-refractivity contribution in [3.8, 4) is 11.8 Å². The Balaban J connectivity index is 2.59. The molecule has 0 saturated heterocycles. The predicted molar refractivity (Wildman–Crippen MR) is 54.4 cm³/mol. The maximum atomic E-state index is 13.5. The monoisotopic (exact) mass is 237 g/mol. The zero-order chi connectivity index (χ0) is 12.6. The van der Waals surface area contributed by atoms with E-state index in [9.17, 15) is 13.6 Å². The first-order valence-electron chi connectivity index (χ1n) is 4.99. The van der Waals surface area contributed by atoms with Crippen molar-refractivity contribution in [2.24, 2.45) is 0 Å². The molecule has 1 saturated carbocycles. The molecule has 0 aromatic heterocycles. The second-order valence-electron chi connectivity index (χ2n) is 4.05. The average molecular weight is 237 g/mol. The fourth-order valence-electron chi connectivity index (χ4n) is 2.07. The lowest BCUT2D eigenvalue weighted by Crippen LogP contribution is -2.40.